The molecule has 2 nitrogen and oxygen atoms in total. The maximum absolute atomic E-state index is 13.5. The average molecular weight is 257 g/mol. The number of para-hydroxylation sites is 1. The summed E-state index contributed by atoms with van der Waals surface area (Å²) in [7, 11) is 0. The highest BCUT2D eigenvalue weighted by molar-refractivity contribution is 5.42. The van der Waals surface area contributed by atoms with Crippen LogP contribution in [0.2, 0.25) is 0 Å². The summed E-state index contributed by atoms with van der Waals surface area (Å²) in [5, 5.41) is 0. The first-order chi connectivity index (χ1) is 9.15. The van der Waals surface area contributed by atoms with Gasteiger partial charge in [-0.1, -0.05) is 24.3 Å². The zero-order valence-electron chi connectivity index (χ0n) is 10.8. The Labute approximate surface area is 112 Å². The highest BCUT2D eigenvalue weighted by Gasteiger charge is 2.30. The van der Waals surface area contributed by atoms with Gasteiger partial charge in [-0.2, -0.15) is 0 Å². The number of hydrogen-bond acceptors (Lipinski definition) is 2. The summed E-state index contributed by atoms with van der Waals surface area (Å²) in [6, 6.07) is 12.6. The van der Waals surface area contributed by atoms with E-state index in [4.69, 9.17) is 10.5 Å². The number of rotatable bonds is 2. The van der Waals surface area contributed by atoms with Crippen molar-refractivity contribution >= 4 is 0 Å². The lowest BCUT2D eigenvalue weighted by molar-refractivity contribution is 0.315. The molecular formula is C16H16FNO. The van der Waals surface area contributed by atoms with Gasteiger partial charge in [0, 0.05) is 17.5 Å². The summed E-state index contributed by atoms with van der Waals surface area (Å²) in [5.74, 6) is 0.728. The molecule has 0 aliphatic carbocycles. The number of ether oxygens (including phenoxy) is 1. The van der Waals surface area contributed by atoms with Crippen LogP contribution in [0, 0.1) is 12.7 Å². The second kappa shape index (κ2) is 4.67. The summed E-state index contributed by atoms with van der Waals surface area (Å²) in [5.41, 5.74) is 9.12. The van der Waals surface area contributed by atoms with Crippen LogP contribution in [0.1, 0.15) is 28.7 Å². The Bertz CT molecular complexity index is 591. The van der Waals surface area contributed by atoms with Crippen molar-refractivity contribution in [3.63, 3.8) is 0 Å². The van der Waals surface area contributed by atoms with Crippen molar-refractivity contribution in [2.45, 2.75) is 18.9 Å². The van der Waals surface area contributed by atoms with Gasteiger partial charge in [-0.05, 0) is 36.2 Å². The molecule has 0 bridgehead atoms. The van der Waals surface area contributed by atoms with E-state index >= 15 is 0 Å². The predicted octanol–water partition coefficient (Wildman–Crippen LogP) is 3.31. The van der Waals surface area contributed by atoms with Crippen LogP contribution >= 0.6 is 0 Å². The lowest BCUT2D eigenvalue weighted by Crippen LogP contribution is -2.21. The Hall–Kier alpha value is -1.87. The smallest absolute Gasteiger partial charge is 0.123 e. The number of halogens is 1. The van der Waals surface area contributed by atoms with Crippen molar-refractivity contribution in [3.05, 3.63) is 65.0 Å². The Morgan fingerprint density at radius 3 is 2.84 bits per heavy atom. The highest BCUT2D eigenvalue weighted by atomic mass is 19.1. The summed E-state index contributed by atoms with van der Waals surface area (Å²) >= 11 is 0. The average Bonchev–Trinajstić information content (AvgIpc) is 2.80. The van der Waals surface area contributed by atoms with E-state index < -0.39 is 0 Å². The molecule has 0 fully saturated rings. The van der Waals surface area contributed by atoms with Gasteiger partial charge in [-0.25, -0.2) is 4.39 Å². The summed E-state index contributed by atoms with van der Waals surface area (Å²) in [6.07, 6.45) is 0. The molecule has 3 rings (SSSR count). The lowest BCUT2D eigenvalue weighted by Gasteiger charge is -2.19. The van der Waals surface area contributed by atoms with E-state index in [0.717, 1.165) is 22.4 Å². The number of nitrogens with two attached hydrogens (primary N) is 1. The summed E-state index contributed by atoms with van der Waals surface area (Å²) < 4.78 is 19.1. The Balaban J connectivity index is 1.95. The van der Waals surface area contributed by atoms with Crippen LogP contribution < -0.4 is 10.5 Å². The standard InChI is InChI=1S/C16H16FNO/c1-10-6-11(8-12(17)7-10)16(18)14-9-19-15-5-3-2-4-13(14)15/h2-8,14,16H,9,18H2,1H3. The molecule has 1 aliphatic heterocycles. The van der Waals surface area contributed by atoms with Crippen LogP contribution in [0.15, 0.2) is 42.5 Å². The Kier molecular flexibility index (Phi) is 2.99. The van der Waals surface area contributed by atoms with Gasteiger partial charge in [0.1, 0.15) is 11.6 Å². The summed E-state index contributed by atoms with van der Waals surface area (Å²) in [4.78, 5) is 0. The predicted molar refractivity (Wildman–Crippen MR) is 72.7 cm³/mol. The molecule has 0 amide bonds. The van der Waals surface area contributed by atoms with Crippen molar-refractivity contribution in [3.8, 4) is 5.75 Å². The van der Waals surface area contributed by atoms with Crippen LogP contribution in [0.4, 0.5) is 4.39 Å². The SMILES string of the molecule is Cc1cc(F)cc(C(N)C2COc3ccccc32)c1. The van der Waals surface area contributed by atoms with Crippen molar-refractivity contribution in [1.82, 2.24) is 0 Å². The third kappa shape index (κ3) is 2.22. The molecule has 2 N–H and O–H groups in total. The molecule has 2 aromatic rings. The van der Waals surface area contributed by atoms with Gasteiger partial charge in [0.15, 0.2) is 0 Å². The molecule has 0 saturated heterocycles. The van der Waals surface area contributed by atoms with Crippen molar-refractivity contribution in [2.75, 3.05) is 6.61 Å². The molecule has 0 saturated carbocycles. The van der Waals surface area contributed by atoms with Crippen LogP contribution in [0.3, 0.4) is 0 Å². The second-order valence-electron chi connectivity index (χ2n) is 5.04. The minimum absolute atomic E-state index is 0.0809. The third-order valence-corrected chi connectivity index (χ3v) is 3.62. The molecule has 2 aromatic carbocycles. The quantitative estimate of drug-likeness (QED) is 0.895. The van der Waals surface area contributed by atoms with Gasteiger partial charge in [0.2, 0.25) is 0 Å². The van der Waals surface area contributed by atoms with Crippen molar-refractivity contribution in [2.24, 2.45) is 5.73 Å². The summed E-state index contributed by atoms with van der Waals surface area (Å²) in [6.45, 7) is 2.43. The molecule has 1 heterocycles. The number of fused-ring (bicyclic) bond motifs is 1. The highest BCUT2D eigenvalue weighted by Crippen LogP contribution is 2.40. The van der Waals surface area contributed by atoms with E-state index in [0.29, 0.717) is 6.61 Å². The van der Waals surface area contributed by atoms with Gasteiger partial charge < -0.3 is 10.5 Å². The zero-order chi connectivity index (χ0) is 13.4. The lowest BCUT2D eigenvalue weighted by atomic mass is 9.88. The van der Waals surface area contributed by atoms with Gasteiger partial charge in [-0.3, -0.25) is 0 Å². The second-order valence-corrected chi connectivity index (χ2v) is 5.04. The molecular weight excluding hydrogens is 241 g/mol. The first-order valence-electron chi connectivity index (χ1n) is 6.39. The van der Waals surface area contributed by atoms with Crippen molar-refractivity contribution < 1.29 is 9.13 Å². The fraction of sp³-hybridized carbons (Fsp3) is 0.250. The Morgan fingerprint density at radius 1 is 1.26 bits per heavy atom. The minimum Gasteiger partial charge on any atom is -0.493 e. The zero-order valence-corrected chi connectivity index (χ0v) is 10.8. The van der Waals surface area contributed by atoms with Crippen LogP contribution in [-0.4, -0.2) is 6.61 Å². The molecule has 3 heteroatoms. The minimum atomic E-state index is -0.252. The maximum Gasteiger partial charge on any atom is 0.123 e. The number of hydrogen-bond donors (Lipinski definition) is 1. The topological polar surface area (TPSA) is 35.2 Å². The first-order valence-corrected chi connectivity index (χ1v) is 6.39. The molecule has 19 heavy (non-hydrogen) atoms. The fourth-order valence-electron chi connectivity index (χ4n) is 2.67. The van der Waals surface area contributed by atoms with Gasteiger partial charge in [-0.15, -0.1) is 0 Å². The van der Waals surface area contributed by atoms with E-state index in [1.807, 2.05) is 37.3 Å². The maximum atomic E-state index is 13.5. The van der Waals surface area contributed by atoms with E-state index in [-0.39, 0.29) is 17.8 Å². The van der Waals surface area contributed by atoms with Gasteiger partial charge >= 0.3 is 0 Å². The molecule has 2 unspecified atom stereocenters. The number of benzene rings is 2. The molecule has 98 valence electrons. The number of aryl methyl sites for hydroxylation is 1. The van der Waals surface area contributed by atoms with E-state index in [1.54, 1.807) is 0 Å². The monoisotopic (exact) mass is 257 g/mol. The Morgan fingerprint density at radius 2 is 2.05 bits per heavy atom. The molecule has 0 radical (unpaired) electrons. The van der Waals surface area contributed by atoms with Gasteiger partial charge in [0.25, 0.3) is 0 Å². The van der Waals surface area contributed by atoms with Gasteiger partial charge in [0.05, 0.1) is 6.61 Å². The molecule has 1 aliphatic rings. The van der Waals surface area contributed by atoms with E-state index in [9.17, 15) is 4.39 Å². The van der Waals surface area contributed by atoms with Crippen LogP contribution in [0.25, 0.3) is 0 Å². The van der Waals surface area contributed by atoms with Crippen molar-refractivity contribution in [1.29, 1.82) is 0 Å². The van der Waals surface area contributed by atoms with Crippen LogP contribution in [-0.2, 0) is 0 Å². The normalized spacial score (nSPS) is 18.8. The molecule has 0 spiro atoms. The van der Waals surface area contributed by atoms with Crippen LogP contribution in [0.5, 0.6) is 5.75 Å². The molecule has 0 aromatic heterocycles. The largest absolute Gasteiger partial charge is 0.493 e. The first kappa shape index (κ1) is 12.2. The molecule has 2 atom stereocenters. The third-order valence-electron chi connectivity index (χ3n) is 3.62. The van der Waals surface area contributed by atoms with E-state index in [1.165, 1.54) is 12.1 Å². The fourth-order valence-corrected chi connectivity index (χ4v) is 2.67. The van der Waals surface area contributed by atoms with E-state index in [2.05, 4.69) is 0 Å².